The number of amides is 1. The van der Waals surface area contributed by atoms with Gasteiger partial charge in [-0.1, -0.05) is 24.3 Å². The Morgan fingerprint density at radius 3 is 2.59 bits per heavy atom. The number of nitrogens with one attached hydrogen (secondary N) is 1. The largest absolute Gasteiger partial charge is 0.489 e. The molecule has 0 radical (unpaired) electrons. The third-order valence-electron chi connectivity index (χ3n) is 4.73. The fourth-order valence-corrected chi connectivity index (χ4v) is 3.33. The zero-order chi connectivity index (χ0) is 19.4. The zero-order valence-electron chi connectivity index (χ0n) is 15.5. The van der Waals surface area contributed by atoms with Gasteiger partial charge >= 0.3 is 0 Å². The van der Waals surface area contributed by atoms with Crippen LogP contribution in [0.1, 0.15) is 43.9 Å². The van der Waals surface area contributed by atoms with E-state index in [0.717, 1.165) is 30.0 Å². The van der Waals surface area contributed by atoms with Gasteiger partial charge in [0.05, 0.1) is 12.6 Å². The topological polar surface area (TPSA) is 41.6 Å². The maximum absolute atomic E-state index is 12.9. The van der Waals surface area contributed by atoms with Gasteiger partial charge < -0.3 is 15.0 Å². The third kappa shape index (κ3) is 4.96. The Hall–Kier alpha value is -2.63. The number of anilines is 1. The Bertz CT molecular complexity index is 780. The predicted octanol–water partition coefficient (Wildman–Crippen LogP) is 4.48. The van der Waals surface area contributed by atoms with E-state index in [9.17, 15) is 13.6 Å². The van der Waals surface area contributed by atoms with Crippen LogP contribution in [0.25, 0.3) is 0 Å². The average molecular weight is 374 g/mol. The van der Waals surface area contributed by atoms with Crippen molar-refractivity contribution in [3.8, 4) is 5.75 Å². The minimum absolute atomic E-state index is 0.0128. The van der Waals surface area contributed by atoms with Gasteiger partial charge in [-0.05, 0) is 36.8 Å². The first-order chi connectivity index (χ1) is 12.9. The second kappa shape index (κ2) is 8.37. The minimum atomic E-state index is -2.46. The Morgan fingerprint density at radius 2 is 1.93 bits per heavy atom. The molecule has 2 unspecified atom stereocenters. The summed E-state index contributed by atoms with van der Waals surface area (Å²) in [7, 11) is 0. The van der Waals surface area contributed by atoms with E-state index in [-0.39, 0.29) is 23.6 Å². The van der Waals surface area contributed by atoms with E-state index in [1.54, 1.807) is 12.1 Å². The van der Waals surface area contributed by atoms with Crippen molar-refractivity contribution in [1.29, 1.82) is 0 Å². The van der Waals surface area contributed by atoms with Crippen molar-refractivity contribution in [2.24, 2.45) is 0 Å². The predicted molar refractivity (Wildman–Crippen MR) is 101 cm³/mol. The molecule has 0 spiro atoms. The van der Waals surface area contributed by atoms with Crippen LogP contribution in [-0.2, 0) is 4.79 Å². The van der Waals surface area contributed by atoms with Crippen LogP contribution in [-0.4, -0.2) is 25.1 Å². The molecule has 1 saturated heterocycles. The molecule has 27 heavy (non-hydrogen) atoms. The number of halogens is 2. The number of carbonyl (C=O) groups excluding carboxylic acids is 1. The zero-order valence-corrected chi connectivity index (χ0v) is 15.5. The number of carbonyl (C=O) groups is 1. The van der Waals surface area contributed by atoms with Crippen LogP contribution in [0.15, 0.2) is 48.5 Å². The highest BCUT2D eigenvalue weighted by molar-refractivity contribution is 5.73. The first-order valence-corrected chi connectivity index (χ1v) is 9.09. The summed E-state index contributed by atoms with van der Waals surface area (Å²) in [6.45, 7) is 4.86. The van der Waals surface area contributed by atoms with Crippen molar-refractivity contribution in [1.82, 2.24) is 5.32 Å². The Morgan fingerprint density at radius 1 is 1.19 bits per heavy atom. The second-order valence-electron chi connectivity index (χ2n) is 6.86. The lowest BCUT2D eigenvalue weighted by Gasteiger charge is -2.20. The molecule has 1 N–H and O–H groups in total. The number of alkyl halides is 2. The first-order valence-electron chi connectivity index (χ1n) is 9.09. The van der Waals surface area contributed by atoms with E-state index in [0.29, 0.717) is 6.54 Å². The quantitative estimate of drug-likeness (QED) is 0.811. The van der Waals surface area contributed by atoms with E-state index in [4.69, 9.17) is 4.74 Å². The number of rotatable bonds is 6. The average Bonchev–Trinajstić information content (AvgIpc) is 3.10. The minimum Gasteiger partial charge on any atom is -0.489 e. The molecule has 0 bridgehead atoms. The molecule has 1 heterocycles. The van der Waals surface area contributed by atoms with Gasteiger partial charge in [0.1, 0.15) is 11.9 Å². The summed E-state index contributed by atoms with van der Waals surface area (Å²) in [4.78, 5) is 13.2. The standard InChI is InChI=1S/C21H24F2N2O2/c1-14(24-15(2)26)16-6-8-19(9-7-16)27-20-10-11-25(13-20)18-5-3-4-17(12-18)21(22)23/h3-9,12,14,20-21H,10-11,13H2,1-2H3,(H,24,26). The molecule has 2 aromatic carbocycles. The summed E-state index contributed by atoms with van der Waals surface area (Å²) in [6, 6.07) is 14.1. The van der Waals surface area contributed by atoms with Crippen LogP contribution in [0.2, 0.25) is 0 Å². The van der Waals surface area contributed by atoms with Crippen LogP contribution < -0.4 is 15.0 Å². The van der Waals surface area contributed by atoms with Gasteiger partial charge in [-0.3, -0.25) is 4.79 Å². The fourth-order valence-electron chi connectivity index (χ4n) is 3.33. The SMILES string of the molecule is CC(=O)NC(C)c1ccc(OC2CCN(c3cccc(C(F)F)c3)C2)cc1. The summed E-state index contributed by atoms with van der Waals surface area (Å²) >= 11 is 0. The van der Waals surface area contributed by atoms with E-state index in [1.165, 1.54) is 13.0 Å². The van der Waals surface area contributed by atoms with Crippen molar-refractivity contribution in [2.45, 2.75) is 38.8 Å². The van der Waals surface area contributed by atoms with Crippen molar-refractivity contribution in [2.75, 3.05) is 18.0 Å². The molecule has 1 aliphatic heterocycles. The molecule has 2 atom stereocenters. The summed E-state index contributed by atoms with van der Waals surface area (Å²) in [5.74, 6) is 0.701. The maximum Gasteiger partial charge on any atom is 0.263 e. The number of ether oxygens (including phenoxy) is 1. The van der Waals surface area contributed by atoms with Crippen molar-refractivity contribution >= 4 is 11.6 Å². The molecule has 0 saturated carbocycles. The van der Waals surface area contributed by atoms with Crippen LogP contribution in [0.4, 0.5) is 14.5 Å². The molecule has 1 fully saturated rings. The maximum atomic E-state index is 12.9. The van der Waals surface area contributed by atoms with Crippen molar-refractivity contribution in [3.63, 3.8) is 0 Å². The van der Waals surface area contributed by atoms with Crippen LogP contribution in [0.5, 0.6) is 5.75 Å². The number of benzene rings is 2. The molecule has 3 rings (SSSR count). The van der Waals surface area contributed by atoms with Gasteiger partial charge in [0.25, 0.3) is 6.43 Å². The Balaban J connectivity index is 1.58. The Labute approximate surface area is 158 Å². The molecule has 4 nitrogen and oxygen atoms in total. The highest BCUT2D eigenvalue weighted by Crippen LogP contribution is 2.28. The number of hydrogen-bond acceptors (Lipinski definition) is 3. The lowest BCUT2D eigenvalue weighted by atomic mass is 10.1. The van der Waals surface area contributed by atoms with Crippen molar-refractivity contribution < 1.29 is 18.3 Å². The van der Waals surface area contributed by atoms with Gasteiger partial charge in [0, 0.05) is 31.1 Å². The van der Waals surface area contributed by atoms with Crippen LogP contribution in [0.3, 0.4) is 0 Å². The molecule has 2 aromatic rings. The molecule has 1 aliphatic rings. The molecule has 6 heteroatoms. The molecular weight excluding hydrogens is 350 g/mol. The third-order valence-corrected chi connectivity index (χ3v) is 4.73. The summed E-state index contributed by atoms with van der Waals surface area (Å²) in [6.07, 6.45) is -1.61. The van der Waals surface area contributed by atoms with E-state index in [1.807, 2.05) is 37.3 Å². The molecule has 1 amide bonds. The van der Waals surface area contributed by atoms with E-state index >= 15 is 0 Å². The monoisotopic (exact) mass is 374 g/mol. The Kier molecular flexibility index (Phi) is 5.94. The molecule has 0 aromatic heterocycles. The van der Waals surface area contributed by atoms with Gasteiger partial charge in [-0.25, -0.2) is 8.78 Å². The van der Waals surface area contributed by atoms with E-state index < -0.39 is 6.43 Å². The molecule has 144 valence electrons. The first kappa shape index (κ1) is 19.1. The fraction of sp³-hybridized carbons (Fsp3) is 0.381. The van der Waals surface area contributed by atoms with Crippen molar-refractivity contribution in [3.05, 3.63) is 59.7 Å². The number of nitrogens with zero attached hydrogens (tertiary/aromatic N) is 1. The van der Waals surface area contributed by atoms with Gasteiger partial charge in [-0.2, -0.15) is 0 Å². The normalized spacial score (nSPS) is 17.8. The smallest absolute Gasteiger partial charge is 0.263 e. The second-order valence-corrected chi connectivity index (χ2v) is 6.86. The highest BCUT2D eigenvalue weighted by atomic mass is 19.3. The summed E-state index contributed by atoms with van der Waals surface area (Å²) in [5, 5.41) is 2.85. The lowest BCUT2D eigenvalue weighted by Crippen LogP contribution is -2.25. The van der Waals surface area contributed by atoms with E-state index in [2.05, 4.69) is 10.2 Å². The molecule has 0 aliphatic carbocycles. The van der Waals surface area contributed by atoms with Crippen LogP contribution in [0, 0.1) is 0 Å². The van der Waals surface area contributed by atoms with Gasteiger partial charge in [0.15, 0.2) is 0 Å². The summed E-state index contributed by atoms with van der Waals surface area (Å²) < 4.78 is 31.8. The van der Waals surface area contributed by atoms with Crippen LogP contribution >= 0.6 is 0 Å². The highest BCUT2D eigenvalue weighted by Gasteiger charge is 2.25. The van der Waals surface area contributed by atoms with Gasteiger partial charge in [-0.15, -0.1) is 0 Å². The lowest BCUT2D eigenvalue weighted by molar-refractivity contribution is -0.119. The summed E-state index contributed by atoms with van der Waals surface area (Å²) in [5.41, 5.74) is 1.86. The number of hydrogen-bond donors (Lipinski definition) is 1. The van der Waals surface area contributed by atoms with Gasteiger partial charge in [0.2, 0.25) is 5.91 Å². The molecular formula is C21H24F2N2O2.